The highest BCUT2D eigenvalue weighted by molar-refractivity contribution is 5.18. The Labute approximate surface area is 95.1 Å². The van der Waals surface area contributed by atoms with Crippen LogP contribution < -0.4 is 10.6 Å². The molecule has 0 fully saturated rings. The number of hydrogen-bond donors (Lipinski definition) is 2. The third kappa shape index (κ3) is 3.87. The lowest BCUT2D eigenvalue weighted by atomic mass is 10.1. The van der Waals surface area contributed by atoms with Crippen LogP contribution in [0.3, 0.4) is 0 Å². The summed E-state index contributed by atoms with van der Waals surface area (Å²) in [5, 5.41) is 6.26. The summed E-state index contributed by atoms with van der Waals surface area (Å²) in [4.78, 5) is 0. The summed E-state index contributed by atoms with van der Waals surface area (Å²) >= 11 is 0. The van der Waals surface area contributed by atoms with E-state index in [2.05, 4.69) is 10.6 Å². The molecule has 0 aliphatic rings. The predicted molar refractivity (Wildman–Crippen MR) is 61.2 cm³/mol. The van der Waals surface area contributed by atoms with Crippen LogP contribution in [0.5, 0.6) is 0 Å². The van der Waals surface area contributed by atoms with Crippen molar-refractivity contribution in [2.24, 2.45) is 0 Å². The molecule has 1 aromatic rings. The molecule has 1 aromatic carbocycles. The molecule has 2 N–H and O–H groups in total. The van der Waals surface area contributed by atoms with E-state index < -0.39 is 11.6 Å². The first-order valence-electron chi connectivity index (χ1n) is 5.28. The van der Waals surface area contributed by atoms with E-state index in [0.717, 1.165) is 6.07 Å². The van der Waals surface area contributed by atoms with Crippen LogP contribution in [0.2, 0.25) is 0 Å². The topological polar surface area (TPSA) is 24.1 Å². The summed E-state index contributed by atoms with van der Waals surface area (Å²) < 4.78 is 25.9. The van der Waals surface area contributed by atoms with E-state index in [-0.39, 0.29) is 5.54 Å². The lowest BCUT2D eigenvalue weighted by molar-refractivity contribution is 0.391. The number of nitrogens with one attached hydrogen (secondary N) is 2. The second-order valence-electron chi connectivity index (χ2n) is 4.47. The first-order valence-corrected chi connectivity index (χ1v) is 5.28. The minimum absolute atomic E-state index is 0.0451. The van der Waals surface area contributed by atoms with E-state index in [1.54, 1.807) is 0 Å². The largest absolute Gasteiger partial charge is 0.314 e. The molecular weight excluding hydrogens is 210 g/mol. The van der Waals surface area contributed by atoms with Crippen molar-refractivity contribution in [1.82, 2.24) is 10.6 Å². The molecule has 0 heterocycles. The Morgan fingerprint density at radius 2 is 1.94 bits per heavy atom. The Balaban J connectivity index is 2.49. The molecule has 0 atom stereocenters. The molecule has 4 heteroatoms. The molecule has 0 bridgehead atoms. The highest BCUT2D eigenvalue weighted by Crippen LogP contribution is 2.09. The number of rotatable bonds is 5. The van der Waals surface area contributed by atoms with Crippen LogP contribution in [-0.4, -0.2) is 19.1 Å². The standard InChI is InChI=1S/C12H18F2N2/c1-12(2,15-3)8-16-7-9-4-5-10(13)6-11(9)14/h4-6,15-16H,7-8H2,1-3H3. The van der Waals surface area contributed by atoms with Crippen molar-refractivity contribution in [3.05, 3.63) is 35.4 Å². The monoisotopic (exact) mass is 228 g/mol. The maximum absolute atomic E-state index is 13.3. The summed E-state index contributed by atoms with van der Waals surface area (Å²) in [7, 11) is 1.88. The maximum Gasteiger partial charge on any atom is 0.130 e. The van der Waals surface area contributed by atoms with Gasteiger partial charge in [0.2, 0.25) is 0 Å². The Morgan fingerprint density at radius 3 is 2.50 bits per heavy atom. The van der Waals surface area contributed by atoms with Crippen LogP contribution >= 0.6 is 0 Å². The fourth-order valence-electron chi connectivity index (χ4n) is 1.26. The van der Waals surface area contributed by atoms with Gasteiger partial charge in [0.05, 0.1) is 0 Å². The molecule has 1 rings (SSSR count). The average molecular weight is 228 g/mol. The van der Waals surface area contributed by atoms with Gasteiger partial charge in [-0.2, -0.15) is 0 Å². The van der Waals surface area contributed by atoms with Gasteiger partial charge in [-0.25, -0.2) is 8.78 Å². The van der Waals surface area contributed by atoms with Gasteiger partial charge in [-0.15, -0.1) is 0 Å². The summed E-state index contributed by atoms with van der Waals surface area (Å²) in [6, 6.07) is 3.63. The third-order valence-electron chi connectivity index (χ3n) is 2.57. The van der Waals surface area contributed by atoms with Gasteiger partial charge in [-0.3, -0.25) is 0 Å². The van der Waals surface area contributed by atoms with Gasteiger partial charge >= 0.3 is 0 Å². The Morgan fingerprint density at radius 1 is 1.25 bits per heavy atom. The lowest BCUT2D eigenvalue weighted by Crippen LogP contribution is -2.45. The average Bonchev–Trinajstić information content (AvgIpc) is 2.21. The van der Waals surface area contributed by atoms with Gasteiger partial charge in [0.25, 0.3) is 0 Å². The zero-order valence-corrected chi connectivity index (χ0v) is 9.90. The van der Waals surface area contributed by atoms with E-state index in [1.807, 2.05) is 20.9 Å². The molecular formula is C12H18F2N2. The molecule has 0 radical (unpaired) electrons. The normalized spacial score (nSPS) is 11.8. The predicted octanol–water partition coefficient (Wildman–Crippen LogP) is 2.05. The molecule has 0 aliphatic heterocycles. The molecule has 0 spiro atoms. The molecule has 0 aliphatic carbocycles. The second-order valence-corrected chi connectivity index (χ2v) is 4.47. The fourth-order valence-corrected chi connectivity index (χ4v) is 1.26. The zero-order chi connectivity index (χ0) is 12.2. The smallest absolute Gasteiger partial charge is 0.130 e. The minimum Gasteiger partial charge on any atom is -0.314 e. The Bertz CT molecular complexity index is 351. The summed E-state index contributed by atoms with van der Waals surface area (Å²) in [6.07, 6.45) is 0. The number of hydrogen-bond acceptors (Lipinski definition) is 2. The third-order valence-corrected chi connectivity index (χ3v) is 2.57. The summed E-state index contributed by atoms with van der Waals surface area (Å²) in [5.41, 5.74) is 0.435. The highest BCUT2D eigenvalue weighted by atomic mass is 19.1. The fraction of sp³-hybridized carbons (Fsp3) is 0.500. The van der Waals surface area contributed by atoms with Crippen LogP contribution in [0.25, 0.3) is 0 Å². The van der Waals surface area contributed by atoms with Crippen LogP contribution in [0.4, 0.5) is 8.78 Å². The van der Waals surface area contributed by atoms with Crippen LogP contribution in [0, 0.1) is 11.6 Å². The first kappa shape index (κ1) is 13.1. The van der Waals surface area contributed by atoms with Crippen molar-refractivity contribution >= 4 is 0 Å². The summed E-state index contributed by atoms with van der Waals surface area (Å²) in [6.45, 7) is 5.19. The SMILES string of the molecule is CNC(C)(C)CNCc1ccc(F)cc1F. The van der Waals surface area contributed by atoms with Crippen molar-refractivity contribution in [2.45, 2.75) is 25.9 Å². The maximum atomic E-state index is 13.3. The molecule has 0 saturated heterocycles. The van der Waals surface area contributed by atoms with Gasteiger partial charge in [-0.05, 0) is 27.0 Å². The van der Waals surface area contributed by atoms with Crippen molar-refractivity contribution in [2.75, 3.05) is 13.6 Å². The van der Waals surface area contributed by atoms with Crippen molar-refractivity contribution < 1.29 is 8.78 Å². The Kier molecular flexibility index (Phi) is 4.38. The molecule has 0 amide bonds. The van der Waals surface area contributed by atoms with E-state index in [1.165, 1.54) is 12.1 Å². The van der Waals surface area contributed by atoms with Crippen molar-refractivity contribution in [3.8, 4) is 0 Å². The molecule has 0 saturated carbocycles. The van der Waals surface area contributed by atoms with E-state index in [0.29, 0.717) is 18.7 Å². The van der Waals surface area contributed by atoms with E-state index in [9.17, 15) is 8.78 Å². The zero-order valence-electron chi connectivity index (χ0n) is 9.90. The van der Waals surface area contributed by atoms with Gasteiger partial charge in [0, 0.05) is 30.3 Å². The lowest BCUT2D eigenvalue weighted by Gasteiger charge is -2.24. The molecule has 2 nitrogen and oxygen atoms in total. The van der Waals surface area contributed by atoms with Gasteiger partial charge in [0.1, 0.15) is 11.6 Å². The second kappa shape index (κ2) is 5.37. The highest BCUT2D eigenvalue weighted by Gasteiger charge is 2.13. The number of likely N-dealkylation sites (N-methyl/N-ethyl adjacent to an activating group) is 1. The van der Waals surface area contributed by atoms with Crippen LogP contribution in [-0.2, 0) is 6.54 Å². The summed E-state index contributed by atoms with van der Waals surface area (Å²) in [5.74, 6) is -1.05. The number of benzene rings is 1. The van der Waals surface area contributed by atoms with E-state index >= 15 is 0 Å². The molecule has 0 unspecified atom stereocenters. The van der Waals surface area contributed by atoms with Crippen molar-refractivity contribution in [1.29, 1.82) is 0 Å². The number of halogens is 2. The van der Waals surface area contributed by atoms with Gasteiger partial charge in [0.15, 0.2) is 0 Å². The quantitative estimate of drug-likeness (QED) is 0.806. The van der Waals surface area contributed by atoms with Gasteiger partial charge < -0.3 is 10.6 Å². The van der Waals surface area contributed by atoms with Crippen molar-refractivity contribution in [3.63, 3.8) is 0 Å². The van der Waals surface area contributed by atoms with Crippen LogP contribution in [0.1, 0.15) is 19.4 Å². The molecule has 16 heavy (non-hydrogen) atoms. The van der Waals surface area contributed by atoms with Gasteiger partial charge in [-0.1, -0.05) is 6.07 Å². The van der Waals surface area contributed by atoms with Crippen LogP contribution in [0.15, 0.2) is 18.2 Å². The molecule has 90 valence electrons. The Hall–Kier alpha value is -1.00. The van der Waals surface area contributed by atoms with E-state index in [4.69, 9.17) is 0 Å². The first-order chi connectivity index (χ1) is 7.44. The minimum atomic E-state index is -0.545. The molecule has 0 aromatic heterocycles.